The largest absolute Gasteiger partial charge is 0.372 e. The highest BCUT2D eigenvalue weighted by Crippen LogP contribution is 2.35. The lowest BCUT2D eigenvalue weighted by Gasteiger charge is -2.09. The smallest absolute Gasteiger partial charge is 0.333 e. The molecule has 0 saturated heterocycles. The zero-order valence-corrected chi connectivity index (χ0v) is 11.4. The van der Waals surface area contributed by atoms with Gasteiger partial charge in [0, 0.05) is 11.1 Å². The molecule has 0 unspecified atom stereocenters. The molecule has 1 aromatic carbocycles. The fourth-order valence-corrected chi connectivity index (χ4v) is 2.41. The molecule has 0 atom stereocenters. The molecule has 21 heavy (non-hydrogen) atoms. The predicted octanol–water partition coefficient (Wildman–Crippen LogP) is 3.87. The molecule has 0 fully saturated rings. The van der Waals surface area contributed by atoms with E-state index in [1.165, 1.54) is 6.20 Å². The molecule has 0 aliphatic heterocycles. The molecular formula is C10H4ClF4N3O2S. The summed E-state index contributed by atoms with van der Waals surface area (Å²) in [5, 5.41) is 12.9. The summed E-state index contributed by atoms with van der Waals surface area (Å²) in [7, 11) is 0. The summed E-state index contributed by atoms with van der Waals surface area (Å²) < 4.78 is 53.3. The van der Waals surface area contributed by atoms with Crippen molar-refractivity contribution >= 4 is 34.3 Å². The first kappa shape index (κ1) is 15.4. The average molecular weight is 342 g/mol. The minimum absolute atomic E-state index is 0.165. The van der Waals surface area contributed by atoms with Gasteiger partial charge in [0.25, 0.3) is 0 Å². The first-order valence-electron chi connectivity index (χ1n) is 5.17. The molecule has 0 aliphatic rings. The Morgan fingerprint density at radius 1 is 1.24 bits per heavy atom. The number of nitro benzene ring substituents is 1. The number of aromatic nitrogens is 1. The first-order chi connectivity index (χ1) is 9.82. The van der Waals surface area contributed by atoms with E-state index in [1.807, 2.05) is 0 Å². The number of anilines is 1. The topological polar surface area (TPSA) is 68.1 Å². The Balaban J connectivity index is 2.44. The Morgan fingerprint density at radius 2 is 1.86 bits per heavy atom. The second-order valence-electron chi connectivity index (χ2n) is 3.67. The van der Waals surface area contributed by atoms with Gasteiger partial charge in [-0.3, -0.25) is 10.1 Å². The van der Waals surface area contributed by atoms with Crippen molar-refractivity contribution in [2.45, 2.75) is 6.54 Å². The lowest BCUT2D eigenvalue weighted by Crippen LogP contribution is -2.10. The number of halogens is 5. The molecular weight excluding hydrogens is 338 g/mol. The lowest BCUT2D eigenvalue weighted by atomic mass is 10.2. The van der Waals surface area contributed by atoms with E-state index in [0.717, 1.165) is 11.3 Å². The van der Waals surface area contributed by atoms with Gasteiger partial charge in [0.05, 0.1) is 11.5 Å². The van der Waals surface area contributed by atoms with Crippen LogP contribution < -0.4 is 5.32 Å². The molecule has 1 aromatic heterocycles. The molecule has 0 bridgehead atoms. The van der Waals surface area contributed by atoms with Crippen molar-refractivity contribution in [2.75, 3.05) is 5.32 Å². The minimum Gasteiger partial charge on any atom is -0.372 e. The van der Waals surface area contributed by atoms with Crippen molar-refractivity contribution in [1.29, 1.82) is 0 Å². The standard InChI is InChI=1S/C10H4ClF4N3O2S/c11-10-17-2-3(21-10)1-16-8-6(14)4(12)5(13)7(15)9(8)18(19)20/h2,16H,1H2. The molecule has 11 heteroatoms. The molecule has 1 heterocycles. The normalized spacial score (nSPS) is 10.7. The fraction of sp³-hybridized carbons (Fsp3) is 0.100. The van der Waals surface area contributed by atoms with E-state index in [9.17, 15) is 27.7 Å². The Labute approximate surface area is 123 Å². The van der Waals surface area contributed by atoms with Crippen LogP contribution >= 0.6 is 22.9 Å². The summed E-state index contributed by atoms with van der Waals surface area (Å²) in [4.78, 5) is 13.5. The van der Waals surface area contributed by atoms with Crippen LogP contribution in [0.1, 0.15) is 4.88 Å². The third kappa shape index (κ3) is 2.90. The summed E-state index contributed by atoms with van der Waals surface area (Å²) in [6, 6.07) is 0. The SMILES string of the molecule is O=[N+]([O-])c1c(F)c(F)c(F)c(F)c1NCc1cnc(Cl)s1. The summed E-state index contributed by atoms with van der Waals surface area (Å²) in [6.45, 7) is -0.230. The van der Waals surface area contributed by atoms with Gasteiger partial charge in [-0.1, -0.05) is 11.6 Å². The number of rotatable bonds is 4. The van der Waals surface area contributed by atoms with Gasteiger partial charge in [-0.15, -0.1) is 11.3 Å². The lowest BCUT2D eigenvalue weighted by molar-refractivity contribution is -0.387. The number of hydrogen-bond donors (Lipinski definition) is 1. The highest BCUT2D eigenvalue weighted by molar-refractivity contribution is 7.15. The van der Waals surface area contributed by atoms with E-state index in [-0.39, 0.29) is 11.0 Å². The molecule has 0 saturated carbocycles. The summed E-state index contributed by atoms with van der Waals surface area (Å²) in [6.07, 6.45) is 1.29. The van der Waals surface area contributed by atoms with Crippen LogP contribution in [0.3, 0.4) is 0 Å². The van der Waals surface area contributed by atoms with Crippen LogP contribution in [0, 0.1) is 33.4 Å². The van der Waals surface area contributed by atoms with Gasteiger partial charge in [-0.2, -0.15) is 4.39 Å². The van der Waals surface area contributed by atoms with Crippen LogP contribution in [0.5, 0.6) is 0 Å². The summed E-state index contributed by atoms with van der Waals surface area (Å²) in [5.41, 5.74) is -2.59. The highest BCUT2D eigenvalue weighted by Gasteiger charge is 2.32. The molecule has 2 aromatic rings. The van der Waals surface area contributed by atoms with Crippen molar-refractivity contribution < 1.29 is 22.5 Å². The van der Waals surface area contributed by atoms with Crippen molar-refractivity contribution in [1.82, 2.24) is 4.98 Å². The third-order valence-corrected chi connectivity index (χ3v) is 3.50. The van der Waals surface area contributed by atoms with Crippen LogP contribution in [0.4, 0.5) is 28.9 Å². The van der Waals surface area contributed by atoms with Crippen LogP contribution in [0.15, 0.2) is 6.20 Å². The second-order valence-corrected chi connectivity index (χ2v) is 5.37. The fourth-order valence-electron chi connectivity index (χ4n) is 1.49. The summed E-state index contributed by atoms with van der Waals surface area (Å²) in [5.74, 6) is -8.34. The predicted molar refractivity (Wildman–Crippen MR) is 67.4 cm³/mol. The van der Waals surface area contributed by atoms with Crippen molar-refractivity contribution in [3.63, 3.8) is 0 Å². The van der Waals surface area contributed by atoms with E-state index < -0.39 is 39.6 Å². The quantitative estimate of drug-likeness (QED) is 0.301. The third-order valence-electron chi connectivity index (χ3n) is 2.39. The molecule has 5 nitrogen and oxygen atoms in total. The maximum absolute atomic E-state index is 13.6. The van der Waals surface area contributed by atoms with Crippen LogP contribution in [-0.2, 0) is 6.54 Å². The van der Waals surface area contributed by atoms with Crippen LogP contribution in [-0.4, -0.2) is 9.91 Å². The number of benzene rings is 1. The van der Waals surface area contributed by atoms with Gasteiger partial charge < -0.3 is 5.32 Å². The van der Waals surface area contributed by atoms with Gasteiger partial charge in [-0.05, 0) is 0 Å². The Bertz CT molecular complexity index is 725. The monoisotopic (exact) mass is 341 g/mol. The molecule has 1 N–H and O–H groups in total. The maximum atomic E-state index is 13.6. The van der Waals surface area contributed by atoms with E-state index in [1.54, 1.807) is 0 Å². The summed E-state index contributed by atoms with van der Waals surface area (Å²) >= 11 is 6.53. The highest BCUT2D eigenvalue weighted by atomic mass is 35.5. The number of nitro groups is 1. The van der Waals surface area contributed by atoms with Crippen LogP contribution in [0.25, 0.3) is 0 Å². The van der Waals surface area contributed by atoms with Gasteiger partial charge in [0.1, 0.15) is 0 Å². The van der Waals surface area contributed by atoms with Crippen LogP contribution in [0.2, 0.25) is 4.47 Å². The zero-order chi connectivity index (χ0) is 15.7. The second kappa shape index (κ2) is 5.82. The Morgan fingerprint density at radius 3 is 2.38 bits per heavy atom. The number of nitrogens with zero attached hydrogens (tertiary/aromatic N) is 2. The van der Waals surface area contributed by atoms with Gasteiger partial charge >= 0.3 is 5.69 Å². The van der Waals surface area contributed by atoms with Crippen molar-refractivity contribution in [3.05, 3.63) is 48.9 Å². The number of thiazole rings is 1. The van der Waals surface area contributed by atoms with E-state index in [0.29, 0.717) is 4.88 Å². The van der Waals surface area contributed by atoms with E-state index in [4.69, 9.17) is 11.6 Å². The molecule has 0 radical (unpaired) electrons. The van der Waals surface area contributed by atoms with Gasteiger partial charge in [-0.25, -0.2) is 18.2 Å². The average Bonchev–Trinajstić information content (AvgIpc) is 2.84. The molecule has 2 rings (SSSR count). The maximum Gasteiger partial charge on any atom is 0.333 e. The first-order valence-corrected chi connectivity index (χ1v) is 6.36. The molecule has 0 amide bonds. The van der Waals surface area contributed by atoms with E-state index >= 15 is 0 Å². The molecule has 0 spiro atoms. The van der Waals surface area contributed by atoms with Crippen molar-refractivity contribution in [3.8, 4) is 0 Å². The van der Waals surface area contributed by atoms with Gasteiger partial charge in [0.15, 0.2) is 21.8 Å². The van der Waals surface area contributed by atoms with E-state index in [2.05, 4.69) is 10.3 Å². The number of hydrogen-bond acceptors (Lipinski definition) is 5. The Hall–Kier alpha value is -1.94. The Kier molecular flexibility index (Phi) is 4.28. The van der Waals surface area contributed by atoms with Crippen molar-refractivity contribution in [2.24, 2.45) is 0 Å². The number of nitrogens with one attached hydrogen (secondary N) is 1. The molecule has 112 valence electrons. The van der Waals surface area contributed by atoms with Gasteiger partial charge in [0.2, 0.25) is 11.6 Å². The zero-order valence-electron chi connectivity index (χ0n) is 9.79. The molecule has 0 aliphatic carbocycles. The minimum atomic E-state index is -2.24.